The summed E-state index contributed by atoms with van der Waals surface area (Å²) in [6.45, 7) is 0.655. The average Bonchev–Trinajstić information content (AvgIpc) is 2.36. The number of amides is 1. The van der Waals surface area contributed by atoms with Gasteiger partial charge in [-0.3, -0.25) is 4.79 Å². The van der Waals surface area contributed by atoms with E-state index in [0.29, 0.717) is 24.6 Å². The van der Waals surface area contributed by atoms with Crippen LogP contribution in [0.4, 0.5) is 5.69 Å². The van der Waals surface area contributed by atoms with Crippen molar-refractivity contribution >= 4 is 11.6 Å². The average molecular weight is 264 g/mol. The van der Waals surface area contributed by atoms with E-state index in [-0.39, 0.29) is 12.3 Å². The highest BCUT2D eigenvalue weighted by Crippen LogP contribution is 2.30. The molecular weight excluding hydrogens is 244 g/mol. The monoisotopic (exact) mass is 264 g/mol. The molecule has 0 radical (unpaired) electrons. The topological polar surface area (TPSA) is 84.6 Å². The van der Waals surface area contributed by atoms with Crippen LogP contribution in [0.15, 0.2) is 24.3 Å². The first-order chi connectivity index (χ1) is 9.07. The van der Waals surface area contributed by atoms with Crippen molar-refractivity contribution in [1.82, 2.24) is 5.32 Å². The Kier molecular flexibility index (Phi) is 4.27. The Morgan fingerprint density at radius 2 is 2.05 bits per heavy atom. The van der Waals surface area contributed by atoms with Crippen LogP contribution in [0.25, 0.3) is 0 Å². The first-order valence-electron chi connectivity index (χ1n) is 6.55. The molecule has 0 unspecified atom stereocenters. The third kappa shape index (κ3) is 4.13. The molecule has 0 atom stereocenters. The number of nitrogens with one attached hydrogen (secondary N) is 1. The zero-order valence-corrected chi connectivity index (χ0v) is 10.9. The Morgan fingerprint density at radius 3 is 2.63 bits per heavy atom. The second-order valence-electron chi connectivity index (χ2n) is 5.02. The molecule has 0 aromatic heterocycles. The van der Waals surface area contributed by atoms with E-state index in [1.807, 2.05) is 0 Å². The fourth-order valence-electron chi connectivity index (χ4n) is 1.94. The predicted octanol–water partition coefficient (Wildman–Crippen LogP) is 1.07. The summed E-state index contributed by atoms with van der Waals surface area (Å²) in [5.74, 6) is 0.593. The molecule has 1 aromatic rings. The molecule has 1 saturated carbocycles. The lowest BCUT2D eigenvalue weighted by Gasteiger charge is -2.36. The Labute approximate surface area is 112 Å². The molecular formula is C14H20N2O3. The maximum Gasteiger partial charge on any atom is 0.223 e. The zero-order valence-electron chi connectivity index (χ0n) is 10.9. The fraction of sp³-hybridized carbons (Fsp3) is 0.500. The van der Waals surface area contributed by atoms with E-state index in [0.717, 1.165) is 19.3 Å². The number of rotatable bonds is 6. The number of carbonyl (C=O) groups excluding carboxylic acids is 1. The highest BCUT2D eigenvalue weighted by Gasteiger charge is 2.34. The van der Waals surface area contributed by atoms with Crippen molar-refractivity contribution < 1.29 is 14.6 Å². The van der Waals surface area contributed by atoms with E-state index < -0.39 is 5.60 Å². The minimum atomic E-state index is -0.673. The number of aliphatic hydroxyl groups is 1. The summed E-state index contributed by atoms with van der Waals surface area (Å²) in [5.41, 5.74) is 5.57. The lowest BCUT2D eigenvalue weighted by molar-refractivity contribution is -0.124. The number of nitrogens with two attached hydrogens (primary N) is 1. The molecule has 0 heterocycles. The largest absolute Gasteiger partial charge is 0.493 e. The van der Waals surface area contributed by atoms with E-state index in [2.05, 4.69) is 5.32 Å². The molecule has 19 heavy (non-hydrogen) atoms. The van der Waals surface area contributed by atoms with Crippen LogP contribution in [-0.2, 0) is 4.79 Å². The van der Waals surface area contributed by atoms with Crippen LogP contribution in [0.1, 0.15) is 25.7 Å². The summed E-state index contributed by atoms with van der Waals surface area (Å²) >= 11 is 0. The van der Waals surface area contributed by atoms with Gasteiger partial charge in [0.1, 0.15) is 5.75 Å². The minimum absolute atomic E-state index is 0.101. The third-order valence-corrected chi connectivity index (χ3v) is 3.38. The standard InChI is InChI=1S/C14H20N2O3/c15-11-2-4-12(5-3-11)19-9-6-13(17)16-10-14(18)7-1-8-14/h2-5,18H,1,6-10,15H2,(H,16,17). The summed E-state index contributed by atoms with van der Waals surface area (Å²) in [6.07, 6.45) is 2.86. The molecule has 0 spiro atoms. The van der Waals surface area contributed by atoms with Crippen LogP contribution in [0.3, 0.4) is 0 Å². The zero-order chi connectivity index (χ0) is 13.7. The van der Waals surface area contributed by atoms with Gasteiger partial charge in [0.05, 0.1) is 18.6 Å². The number of ether oxygens (including phenoxy) is 1. The van der Waals surface area contributed by atoms with Crippen LogP contribution < -0.4 is 15.8 Å². The van der Waals surface area contributed by atoms with Crippen molar-refractivity contribution in [3.05, 3.63) is 24.3 Å². The van der Waals surface area contributed by atoms with Crippen LogP contribution >= 0.6 is 0 Å². The van der Waals surface area contributed by atoms with Gasteiger partial charge in [-0.2, -0.15) is 0 Å². The molecule has 1 amide bonds. The van der Waals surface area contributed by atoms with Crippen molar-refractivity contribution in [3.63, 3.8) is 0 Å². The van der Waals surface area contributed by atoms with Gasteiger partial charge in [-0.15, -0.1) is 0 Å². The van der Waals surface area contributed by atoms with Gasteiger partial charge in [0, 0.05) is 12.2 Å². The van der Waals surface area contributed by atoms with Crippen LogP contribution in [0.2, 0.25) is 0 Å². The fourth-order valence-corrected chi connectivity index (χ4v) is 1.94. The summed E-state index contributed by atoms with van der Waals surface area (Å²) < 4.78 is 5.43. The molecule has 104 valence electrons. The number of benzene rings is 1. The third-order valence-electron chi connectivity index (χ3n) is 3.38. The second-order valence-corrected chi connectivity index (χ2v) is 5.02. The van der Waals surface area contributed by atoms with E-state index in [9.17, 15) is 9.90 Å². The number of carbonyl (C=O) groups is 1. The SMILES string of the molecule is Nc1ccc(OCCC(=O)NCC2(O)CCC2)cc1. The smallest absolute Gasteiger partial charge is 0.223 e. The maximum atomic E-state index is 11.6. The van der Waals surface area contributed by atoms with Gasteiger partial charge in [-0.1, -0.05) is 0 Å². The lowest BCUT2D eigenvalue weighted by atomic mass is 9.80. The quantitative estimate of drug-likeness (QED) is 0.671. The molecule has 1 aliphatic carbocycles. The molecule has 5 heteroatoms. The molecule has 2 rings (SSSR count). The molecule has 4 N–H and O–H groups in total. The van der Waals surface area contributed by atoms with Crippen molar-refractivity contribution in [1.29, 1.82) is 0 Å². The summed E-state index contributed by atoms with van der Waals surface area (Å²) in [4.78, 5) is 11.6. The number of hydrogen-bond donors (Lipinski definition) is 3. The molecule has 1 aromatic carbocycles. The van der Waals surface area contributed by atoms with Gasteiger partial charge in [0.2, 0.25) is 5.91 Å². The lowest BCUT2D eigenvalue weighted by Crippen LogP contribution is -2.47. The maximum absolute atomic E-state index is 11.6. The molecule has 0 bridgehead atoms. The van der Waals surface area contributed by atoms with Gasteiger partial charge < -0.3 is 20.9 Å². The van der Waals surface area contributed by atoms with E-state index in [4.69, 9.17) is 10.5 Å². The van der Waals surface area contributed by atoms with Gasteiger partial charge in [0.15, 0.2) is 0 Å². The highest BCUT2D eigenvalue weighted by molar-refractivity contribution is 5.76. The molecule has 5 nitrogen and oxygen atoms in total. The van der Waals surface area contributed by atoms with Crippen LogP contribution in [-0.4, -0.2) is 29.8 Å². The Bertz CT molecular complexity index is 427. The minimum Gasteiger partial charge on any atom is -0.493 e. The van der Waals surface area contributed by atoms with E-state index in [1.165, 1.54) is 0 Å². The first-order valence-corrected chi connectivity index (χ1v) is 6.55. The van der Waals surface area contributed by atoms with Gasteiger partial charge in [-0.05, 0) is 43.5 Å². The van der Waals surface area contributed by atoms with Crippen molar-refractivity contribution in [3.8, 4) is 5.75 Å². The van der Waals surface area contributed by atoms with Crippen LogP contribution in [0.5, 0.6) is 5.75 Å². The number of anilines is 1. The number of nitrogen functional groups attached to an aromatic ring is 1. The van der Waals surface area contributed by atoms with Gasteiger partial charge in [0.25, 0.3) is 0 Å². The Balaban J connectivity index is 1.62. The molecule has 0 aliphatic heterocycles. The summed E-state index contributed by atoms with van der Waals surface area (Å²) in [7, 11) is 0. The Hall–Kier alpha value is -1.75. The highest BCUT2D eigenvalue weighted by atomic mass is 16.5. The Morgan fingerprint density at radius 1 is 1.37 bits per heavy atom. The van der Waals surface area contributed by atoms with E-state index >= 15 is 0 Å². The van der Waals surface area contributed by atoms with Crippen molar-refractivity contribution in [2.24, 2.45) is 0 Å². The van der Waals surface area contributed by atoms with Crippen molar-refractivity contribution in [2.75, 3.05) is 18.9 Å². The molecule has 0 saturated heterocycles. The second kappa shape index (κ2) is 5.93. The normalized spacial score (nSPS) is 16.5. The molecule has 1 aliphatic rings. The van der Waals surface area contributed by atoms with Gasteiger partial charge >= 0.3 is 0 Å². The van der Waals surface area contributed by atoms with Gasteiger partial charge in [-0.25, -0.2) is 0 Å². The number of hydrogen-bond acceptors (Lipinski definition) is 4. The summed E-state index contributed by atoms with van der Waals surface area (Å²) in [6, 6.07) is 7.04. The van der Waals surface area contributed by atoms with Crippen molar-refractivity contribution in [2.45, 2.75) is 31.3 Å². The van der Waals surface area contributed by atoms with Crippen LogP contribution in [0, 0.1) is 0 Å². The summed E-state index contributed by atoms with van der Waals surface area (Å²) in [5, 5.41) is 12.6. The molecule has 1 fully saturated rings. The van der Waals surface area contributed by atoms with E-state index in [1.54, 1.807) is 24.3 Å². The predicted molar refractivity (Wildman–Crippen MR) is 72.8 cm³/mol. The first kappa shape index (κ1) is 13.7.